The monoisotopic (exact) mass is 437 g/mol. The topological polar surface area (TPSA) is 65.9 Å². The van der Waals surface area contributed by atoms with E-state index in [2.05, 4.69) is 16.0 Å². The minimum atomic E-state index is 0.0991. The number of carbonyl (C=O) groups is 1. The van der Waals surface area contributed by atoms with Crippen LogP contribution in [0.1, 0.15) is 61.0 Å². The van der Waals surface area contributed by atoms with E-state index in [4.69, 9.17) is 9.84 Å². The number of hydrogen-bond acceptors (Lipinski definition) is 5. The van der Waals surface area contributed by atoms with Gasteiger partial charge >= 0.3 is 0 Å². The molecule has 2 fully saturated rings. The normalized spacial score (nSPS) is 20.3. The molecule has 1 atom stereocenters. The zero-order valence-corrected chi connectivity index (χ0v) is 18.9. The molecule has 1 N–H and O–H groups in total. The van der Waals surface area contributed by atoms with Gasteiger partial charge in [0, 0.05) is 50.6 Å². The number of benzene rings is 1. The van der Waals surface area contributed by atoms with Crippen molar-refractivity contribution in [2.24, 2.45) is 0 Å². The summed E-state index contributed by atoms with van der Waals surface area (Å²) in [4.78, 5) is 21.9. The lowest BCUT2D eigenvalue weighted by Crippen LogP contribution is -2.43. The third-order valence-electron chi connectivity index (χ3n) is 6.63. The molecule has 1 aromatic carbocycles. The first-order valence-corrected chi connectivity index (χ1v) is 12.0. The smallest absolute Gasteiger partial charge is 0.254 e. The zero-order valence-electron chi connectivity index (χ0n) is 18.9. The van der Waals surface area contributed by atoms with Crippen molar-refractivity contribution >= 4 is 5.91 Å². The largest absolute Gasteiger partial charge is 0.490 e. The summed E-state index contributed by atoms with van der Waals surface area (Å²) in [7, 11) is 0. The van der Waals surface area contributed by atoms with Crippen molar-refractivity contribution in [3.05, 3.63) is 59.9 Å². The molecule has 0 spiro atoms. The number of nitrogens with zero attached hydrogens (tertiary/aromatic N) is 3. The lowest BCUT2D eigenvalue weighted by atomic mass is 9.97. The molecule has 3 heterocycles. The summed E-state index contributed by atoms with van der Waals surface area (Å²) in [5, 5.41) is 9.16. The molecule has 2 aliphatic rings. The molecule has 2 saturated heterocycles. The quantitative estimate of drug-likeness (QED) is 0.679. The van der Waals surface area contributed by atoms with Crippen LogP contribution in [0.2, 0.25) is 0 Å². The van der Waals surface area contributed by atoms with Gasteiger partial charge in [-0.15, -0.1) is 0 Å². The number of carbonyl (C=O) groups excluding carboxylic acids is 1. The Balaban J connectivity index is 1.27. The van der Waals surface area contributed by atoms with E-state index in [0.717, 1.165) is 88.1 Å². The van der Waals surface area contributed by atoms with Gasteiger partial charge < -0.3 is 14.7 Å². The predicted octanol–water partition coefficient (Wildman–Crippen LogP) is 3.89. The van der Waals surface area contributed by atoms with E-state index in [1.165, 1.54) is 0 Å². The van der Waals surface area contributed by atoms with E-state index < -0.39 is 0 Å². The van der Waals surface area contributed by atoms with Crippen molar-refractivity contribution in [1.29, 1.82) is 0 Å². The minimum Gasteiger partial charge on any atom is -0.490 e. The number of pyridine rings is 1. The van der Waals surface area contributed by atoms with Crippen molar-refractivity contribution in [2.45, 2.75) is 63.6 Å². The molecular formula is C26H35N3O3. The van der Waals surface area contributed by atoms with Crippen LogP contribution in [0.5, 0.6) is 5.75 Å². The number of likely N-dealkylation sites (tertiary alicyclic amines) is 2. The first-order chi connectivity index (χ1) is 15.7. The van der Waals surface area contributed by atoms with Gasteiger partial charge in [-0.2, -0.15) is 0 Å². The summed E-state index contributed by atoms with van der Waals surface area (Å²) in [5.41, 5.74) is 1.83. The maximum Gasteiger partial charge on any atom is 0.254 e. The van der Waals surface area contributed by atoms with Gasteiger partial charge in [-0.05, 0) is 81.3 Å². The molecule has 1 amide bonds. The molecule has 0 aliphatic carbocycles. The maximum absolute atomic E-state index is 13.1. The van der Waals surface area contributed by atoms with Crippen LogP contribution < -0.4 is 4.74 Å². The van der Waals surface area contributed by atoms with E-state index in [1.54, 1.807) is 0 Å². The van der Waals surface area contributed by atoms with Crippen LogP contribution in [-0.4, -0.2) is 64.2 Å². The molecule has 4 rings (SSSR count). The van der Waals surface area contributed by atoms with E-state index in [0.29, 0.717) is 0 Å². The minimum absolute atomic E-state index is 0.0991. The van der Waals surface area contributed by atoms with Crippen molar-refractivity contribution < 1.29 is 14.6 Å². The number of aromatic nitrogens is 1. The fourth-order valence-corrected chi connectivity index (χ4v) is 4.84. The molecular weight excluding hydrogens is 402 g/mol. The van der Waals surface area contributed by atoms with Crippen molar-refractivity contribution in [1.82, 2.24) is 14.8 Å². The van der Waals surface area contributed by atoms with E-state index in [1.807, 2.05) is 47.5 Å². The lowest BCUT2D eigenvalue weighted by molar-refractivity contribution is 0.0590. The first kappa shape index (κ1) is 22.7. The van der Waals surface area contributed by atoms with Gasteiger partial charge in [-0.25, -0.2) is 0 Å². The second kappa shape index (κ2) is 11.4. The van der Waals surface area contributed by atoms with Crippen LogP contribution in [0.3, 0.4) is 0 Å². The number of aliphatic hydroxyl groups excluding tert-OH is 1. The van der Waals surface area contributed by atoms with Gasteiger partial charge in [0.05, 0.1) is 5.69 Å². The van der Waals surface area contributed by atoms with Crippen LogP contribution in [0, 0.1) is 0 Å². The Morgan fingerprint density at radius 2 is 1.84 bits per heavy atom. The Kier molecular flexibility index (Phi) is 8.13. The number of ether oxygens (including phenoxy) is 1. The van der Waals surface area contributed by atoms with Gasteiger partial charge in [0.15, 0.2) is 0 Å². The fraction of sp³-hybridized carbons (Fsp3) is 0.538. The summed E-state index contributed by atoms with van der Waals surface area (Å²) < 4.78 is 6.21. The average Bonchev–Trinajstić information content (AvgIpc) is 2.85. The van der Waals surface area contributed by atoms with Gasteiger partial charge in [-0.3, -0.25) is 14.7 Å². The number of rotatable bonds is 8. The summed E-state index contributed by atoms with van der Waals surface area (Å²) in [6.07, 6.45) is 8.93. The zero-order chi connectivity index (χ0) is 22.2. The molecule has 172 valence electrons. The first-order valence-electron chi connectivity index (χ1n) is 12.0. The van der Waals surface area contributed by atoms with Gasteiger partial charge in [0.1, 0.15) is 11.9 Å². The number of aliphatic hydroxyl groups is 1. The fourth-order valence-electron chi connectivity index (χ4n) is 4.84. The lowest BCUT2D eigenvalue weighted by Gasteiger charge is -2.36. The Hall–Kier alpha value is -2.44. The Bertz CT molecular complexity index is 835. The Labute approximate surface area is 191 Å². The number of hydrogen-bond donors (Lipinski definition) is 1. The SMILES string of the molecule is O=C(c1ccc(OC2CCN(Cc3ccccn3)CC2)cc1)N1CCCC[C@H]1CCCO. The Morgan fingerprint density at radius 3 is 2.56 bits per heavy atom. The van der Waals surface area contributed by atoms with Crippen molar-refractivity contribution in [2.75, 3.05) is 26.2 Å². The summed E-state index contributed by atoms with van der Waals surface area (Å²) in [6, 6.07) is 14.0. The van der Waals surface area contributed by atoms with Crippen LogP contribution in [-0.2, 0) is 6.54 Å². The molecule has 2 aliphatic heterocycles. The second-order valence-electron chi connectivity index (χ2n) is 8.95. The summed E-state index contributed by atoms with van der Waals surface area (Å²) in [6.45, 7) is 3.89. The van der Waals surface area contributed by atoms with Crippen LogP contribution in [0.25, 0.3) is 0 Å². The van der Waals surface area contributed by atoms with E-state index >= 15 is 0 Å². The standard InChI is InChI=1S/C26H35N3O3/c30-19-5-8-23-7-2-4-16-29(23)26(31)21-9-11-24(12-10-21)32-25-13-17-28(18-14-25)20-22-6-1-3-15-27-22/h1,3,6,9-12,15,23,25,30H,2,4-5,7-8,13-14,16-20H2/t23-/m0/s1. The molecule has 32 heavy (non-hydrogen) atoms. The molecule has 0 radical (unpaired) electrons. The number of piperidine rings is 2. The highest BCUT2D eigenvalue weighted by molar-refractivity contribution is 5.94. The summed E-state index contributed by atoms with van der Waals surface area (Å²) >= 11 is 0. The summed E-state index contributed by atoms with van der Waals surface area (Å²) in [5.74, 6) is 0.933. The third kappa shape index (κ3) is 6.08. The Morgan fingerprint density at radius 1 is 1.03 bits per heavy atom. The van der Waals surface area contributed by atoms with Gasteiger partial charge in [0.25, 0.3) is 5.91 Å². The molecule has 6 nitrogen and oxygen atoms in total. The molecule has 0 bridgehead atoms. The van der Waals surface area contributed by atoms with Gasteiger partial charge in [0.2, 0.25) is 0 Å². The van der Waals surface area contributed by atoms with Crippen molar-refractivity contribution in [3.8, 4) is 5.75 Å². The molecule has 6 heteroatoms. The van der Waals surface area contributed by atoms with E-state index in [-0.39, 0.29) is 24.7 Å². The molecule has 1 aromatic heterocycles. The predicted molar refractivity (Wildman–Crippen MR) is 125 cm³/mol. The van der Waals surface area contributed by atoms with Gasteiger partial charge in [-0.1, -0.05) is 6.07 Å². The highest BCUT2D eigenvalue weighted by atomic mass is 16.5. The van der Waals surface area contributed by atoms with Crippen LogP contribution >= 0.6 is 0 Å². The molecule has 2 aromatic rings. The number of amides is 1. The van der Waals surface area contributed by atoms with Crippen molar-refractivity contribution in [3.63, 3.8) is 0 Å². The average molecular weight is 438 g/mol. The van der Waals surface area contributed by atoms with Crippen LogP contribution in [0.15, 0.2) is 48.7 Å². The molecule has 0 saturated carbocycles. The highest BCUT2D eigenvalue weighted by Crippen LogP contribution is 2.25. The maximum atomic E-state index is 13.1. The molecule has 0 unspecified atom stereocenters. The highest BCUT2D eigenvalue weighted by Gasteiger charge is 2.27. The van der Waals surface area contributed by atoms with E-state index in [9.17, 15) is 4.79 Å². The second-order valence-corrected chi connectivity index (χ2v) is 8.95. The van der Waals surface area contributed by atoms with Crippen LogP contribution in [0.4, 0.5) is 0 Å². The third-order valence-corrected chi connectivity index (χ3v) is 6.63.